The minimum Gasteiger partial charge on any atom is -0.326 e. The molecule has 0 spiro atoms. The lowest BCUT2D eigenvalue weighted by atomic mass is 10.1. The topological polar surface area (TPSA) is 75.5 Å². The number of carbonyl (C=O) groups is 2. The van der Waals surface area contributed by atoms with Crippen molar-refractivity contribution in [2.24, 2.45) is 5.92 Å². The van der Waals surface area contributed by atoms with Gasteiger partial charge < -0.3 is 15.0 Å². The summed E-state index contributed by atoms with van der Waals surface area (Å²) in [6, 6.07) is 12.7. The quantitative estimate of drug-likeness (QED) is 0.736. The van der Waals surface area contributed by atoms with Crippen molar-refractivity contribution >= 4 is 28.7 Å². The van der Waals surface area contributed by atoms with Crippen molar-refractivity contribution < 1.29 is 9.59 Å². The molecule has 2 aromatic heterocycles. The second kappa shape index (κ2) is 7.39. The average Bonchev–Trinajstić information content (AvgIpc) is 2.93. The summed E-state index contributed by atoms with van der Waals surface area (Å²) in [7, 11) is 0. The number of anilines is 2. The highest BCUT2D eigenvalue weighted by molar-refractivity contribution is 6.07. The van der Waals surface area contributed by atoms with Gasteiger partial charge in [-0.1, -0.05) is 26.0 Å². The van der Waals surface area contributed by atoms with E-state index in [1.54, 1.807) is 24.3 Å². The Kier molecular flexibility index (Phi) is 5.02. The molecule has 3 aromatic rings. The molecule has 0 radical (unpaired) electrons. The second-order valence-corrected chi connectivity index (χ2v) is 6.65. The molecular weight excluding hydrogens is 328 g/mol. The van der Waals surface area contributed by atoms with Crippen LogP contribution in [-0.2, 0) is 11.2 Å². The van der Waals surface area contributed by atoms with Crippen molar-refractivity contribution in [3.63, 3.8) is 0 Å². The Morgan fingerprint density at radius 2 is 1.81 bits per heavy atom. The van der Waals surface area contributed by atoms with Gasteiger partial charge in [0.25, 0.3) is 5.91 Å². The largest absolute Gasteiger partial charge is 0.326 e. The number of rotatable bonds is 5. The molecule has 0 atom stereocenters. The van der Waals surface area contributed by atoms with Crippen LogP contribution in [0, 0.1) is 5.92 Å². The average molecular weight is 350 g/mol. The summed E-state index contributed by atoms with van der Waals surface area (Å²) >= 11 is 0. The summed E-state index contributed by atoms with van der Waals surface area (Å²) in [4.78, 5) is 28.6. The Bertz CT molecular complexity index is 959. The third-order valence-electron chi connectivity index (χ3n) is 3.87. The van der Waals surface area contributed by atoms with Gasteiger partial charge in [0.1, 0.15) is 5.82 Å². The van der Waals surface area contributed by atoms with Crippen LogP contribution in [0.4, 0.5) is 11.4 Å². The maximum absolute atomic E-state index is 12.8. The van der Waals surface area contributed by atoms with E-state index in [0.29, 0.717) is 23.0 Å². The molecule has 3 rings (SSSR count). The lowest BCUT2D eigenvalue weighted by Crippen LogP contribution is -2.13. The van der Waals surface area contributed by atoms with E-state index < -0.39 is 0 Å². The SMILES string of the molecule is CC(=O)Nc1cccc(NC(=O)c2nc(CC(C)C)n3ccccc23)c1. The zero-order chi connectivity index (χ0) is 18.7. The van der Waals surface area contributed by atoms with Crippen LogP contribution in [-0.4, -0.2) is 21.2 Å². The van der Waals surface area contributed by atoms with Crippen molar-refractivity contribution in [2.75, 3.05) is 10.6 Å². The van der Waals surface area contributed by atoms with Crippen molar-refractivity contribution in [3.8, 4) is 0 Å². The van der Waals surface area contributed by atoms with Gasteiger partial charge in [-0.3, -0.25) is 9.59 Å². The van der Waals surface area contributed by atoms with Crippen LogP contribution < -0.4 is 10.6 Å². The van der Waals surface area contributed by atoms with Gasteiger partial charge in [-0.15, -0.1) is 0 Å². The number of fused-ring (bicyclic) bond motifs is 1. The molecule has 134 valence electrons. The first kappa shape index (κ1) is 17.7. The van der Waals surface area contributed by atoms with E-state index in [4.69, 9.17) is 0 Å². The maximum atomic E-state index is 12.8. The minimum absolute atomic E-state index is 0.160. The van der Waals surface area contributed by atoms with E-state index >= 15 is 0 Å². The molecular formula is C20H22N4O2. The molecule has 26 heavy (non-hydrogen) atoms. The highest BCUT2D eigenvalue weighted by Crippen LogP contribution is 2.19. The van der Waals surface area contributed by atoms with Gasteiger partial charge in [-0.2, -0.15) is 0 Å². The van der Waals surface area contributed by atoms with Gasteiger partial charge >= 0.3 is 0 Å². The Morgan fingerprint density at radius 3 is 2.50 bits per heavy atom. The van der Waals surface area contributed by atoms with Crippen LogP contribution in [0.2, 0.25) is 0 Å². The van der Waals surface area contributed by atoms with E-state index in [1.165, 1.54) is 6.92 Å². The lowest BCUT2D eigenvalue weighted by molar-refractivity contribution is -0.114. The molecule has 0 fully saturated rings. The molecule has 2 amide bonds. The van der Waals surface area contributed by atoms with Crippen LogP contribution in [0.3, 0.4) is 0 Å². The number of carbonyl (C=O) groups excluding carboxylic acids is 2. The van der Waals surface area contributed by atoms with E-state index in [0.717, 1.165) is 17.8 Å². The molecule has 0 aliphatic rings. The number of benzene rings is 1. The number of nitrogens with one attached hydrogen (secondary N) is 2. The molecule has 1 aromatic carbocycles. The molecule has 0 bridgehead atoms. The fourth-order valence-corrected chi connectivity index (χ4v) is 2.85. The monoisotopic (exact) mass is 350 g/mol. The summed E-state index contributed by atoms with van der Waals surface area (Å²) in [5.74, 6) is 0.870. The fraction of sp³-hybridized carbons (Fsp3) is 0.250. The highest BCUT2D eigenvalue weighted by atomic mass is 16.2. The summed E-state index contributed by atoms with van der Waals surface area (Å²) < 4.78 is 1.96. The molecule has 0 unspecified atom stereocenters. The summed E-state index contributed by atoms with van der Waals surface area (Å²) in [6.07, 6.45) is 2.71. The van der Waals surface area contributed by atoms with Crippen molar-refractivity contribution in [3.05, 3.63) is 60.2 Å². The Balaban J connectivity index is 1.90. The first-order valence-corrected chi connectivity index (χ1v) is 8.59. The van der Waals surface area contributed by atoms with Gasteiger partial charge in [0, 0.05) is 30.9 Å². The van der Waals surface area contributed by atoms with Crippen LogP contribution in [0.15, 0.2) is 48.7 Å². The number of hydrogen-bond donors (Lipinski definition) is 2. The second-order valence-electron chi connectivity index (χ2n) is 6.65. The van der Waals surface area contributed by atoms with Crippen LogP contribution in [0.5, 0.6) is 0 Å². The van der Waals surface area contributed by atoms with Crippen LogP contribution >= 0.6 is 0 Å². The third-order valence-corrected chi connectivity index (χ3v) is 3.87. The normalized spacial score (nSPS) is 10.9. The Hall–Kier alpha value is -3.15. The van der Waals surface area contributed by atoms with Crippen molar-refractivity contribution in [2.45, 2.75) is 27.2 Å². The van der Waals surface area contributed by atoms with Gasteiger partial charge in [0.15, 0.2) is 5.69 Å². The third kappa shape index (κ3) is 3.91. The van der Waals surface area contributed by atoms with Gasteiger partial charge in [-0.05, 0) is 36.2 Å². The number of imidazole rings is 1. The molecule has 2 heterocycles. The van der Waals surface area contributed by atoms with Crippen LogP contribution in [0.25, 0.3) is 5.52 Å². The first-order chi connectivity index (χ1) is 12.4. The number of nitrogens with zero attached hydrogens (tertiary/aromatic N) is 2. The number of amides is 2. The zero-order valence-electron chi connectivity index (χ0n) is 15.1. The molecule has 2 N–H and O–H groups in total. The predicted octanol–water partition coefficient (Wildman–Crippen LogP) is 3.74. The molecule has 6 heteroatoms. The maximum Gasteiger partial charge on any atom is 0.276 e. The molecule has 0 saturated carbocycles. The molecule has 0 aliphatic heterocycles. The Labute approximate surface area is 152 Å². The minimum atomic E-state index is -0.274. The van der Waals surface area contributed by atoms with Crippen molar-refractivity contribution in [1.82, 2.24) is 9.38 Å². The molecule has 0 saturated heterocycles. The molecule has 6 nitrogen and oxygen atoms in total. The first-order valence-electron chi connectivity index (χ1n) is 8.59. The van der Waals surface area contributed by atoms with E-state index in [-0.39, 0.29) is 11.8 Å². The van der Waals surface area contributed by atoms with E-state index in [1.807, 2.05) is 28.8 Å². The van der Waals surface area contributed by atoms with Gasteiger partial charge in [0.2, 0.25) is 5.91 Å². The number of pyridine rings is 1. The standard InChI is InChI=1S/C20H22N4O2/c1-13(2)11-18-23-19(17-9-4-5-10-24(17)18)20(26)22-16-8-6-7-15(12-16)21-14(3)25/h4-10,12-13H,11H2,1-3H3,(H,21,25)(H,22,26). The summed E-state index contributed by atoms with van der Waals surface area (Å²) in [5.41, 5.74) is 2.40. The summed E-state index contributed by atoms with van der Waals surface area (Å²) in [6.45, 7) is 5.69. The van der Waals surface area contributed by atoms with E-state index in [2.05, 4.69) is 29.5 Å². The zero-order valence-corrected chi connectivity index (χ0v) is 15.1. The smallest absolute Gasteiger partial charge is 0.276 e. The number of hydrogen-bond acceptors (Lipinski definition) is 3. The molecule has 0 aliphatic carbocycles. The summed E-state index contributed by atoms with van der Waals surface area (Å²) in [5, 5.41) is 5.57. The lowest BCUT2D eigenvalue weighted by Gasteiger charge is -2.07. The highest BCUT2D eigenvalue weighted by Gasteiger charge is 2.18. The van der Waals surface area contributed by atoms with Crippen LogP contribution in [0.1, 0.15) is 37.1 Å². The fourth-order valence-electron chi connectivity index (χ4n) is 2.85. The van der Waals surface area contributed by atoms with Gasteiger partial charge in [-0.25, -0.2) is 4.98 Å². The van der Waals surface area contributed by atoms with Crippen molar-refractivity contribution in [1.29, 1.82) is 0 Å². The van der Waals surface area contributed by atoms with E-state index in [9.17, 15) is 9.59 Å². The predicted molar refractivity (Wildman–Crippen MR) is 102 cm³/mol. The Morgan fingerprint density at radius 1 is 1.08 bits per heavy atom. The van der Waals surface area contributed by atoms with Gasteiger partial charge in [0.05, 0.1) is 5.52 Å². The number of aromatic nitrogens is 2.